The van der Waals surface area contributed by atoms with Crippen LogP contribution in [0.25, 0.3) is 0 Å². The molecule has 1 aromatic carbocycles. The van der Waals surface area contributed by atoms with Crippen molar-refractivity contribution >= 4 is 21.6 Å². The van der Waals surface area contributed by atoms with Crippen molar-refractivity contribution in [2.45, 2.75) is 30.9 Å². The molecule has 0 fully saturated rings. The highest BCUT2D eigenvalue weighted by molar-refractivity contribution is 7.89. The van der Waals surface area contributed by atoms with Gasteiger partial charge in [0, 0.05) is 20.1 Å². The molecule has 0 spiro atoms. The molecule has 0 saturated heterocycles. The largest absolute Gasteiger partial charge is 0.389 e. The molecule has 0 aliphatic heterocycles. The summed E-state index contributed by atoms with van der Waals surface area (Å²) in [4.78, 5) is 0.0121. The van der Waals surface area contributed by atoms with Crippen molar-refractivity contribution in [3.05, 3.63) is 28.8 Å². The molecule has 0 bridgehead atoms. The van der Waals surface area contributed by atoms with E-state index in [0.29, 0.717) is 6.54 Å². The Morgan fingerprint density at radius 3 is 2.42 bits per heavy atom. The van der Waals surface area contributed by atoms with Gasteiger partial charge in [0.25, 0.3) is 0 Å². The molecule has 0 saturated carbocycles. The van der Waals surface area contributed by atoms with E-state index in [2.05, 4.69) is 0 Å². The van der Waals surface area contributed by atoms with E-state index < -0.39 is 15.6 Å². The lowest BCUT2D eigenvalue weighted by Crippen LogP contribution is -2.39. The first-order chi connectivity index (χ1) is 8.58. The van der Waals surface area contributed by atoms with Gasteiger partial charge in [-0.3, -0.25) is 0 Å². The fourth-order valence-corrected chi connectivity index (χ4v) is 3.54. The second-order valence-electron chi connectivity index (χ2n) is 5.04. The Balaban J connectivity index is 3.13. The third-order valence-corrected chi connectivity index (χ3v) is 4.82. The highest BCUT2D eigenvalue weighted by atomic mass is 35.5. The second kappa shape index (κ2) is 5.76. The van der Waals surface area contributed by atoms with Crippen LogP contribution in [-0.2, 0) is 16.6 Å². The number of nitrogens with zero attached hydrogens (tertiary/aromatic N) is 1. The molecule has 7 heteroatoms. The molecular formula is C12H19ClN2O3S. The van der Waals surface area contributed by atoms with E-state index in [0.717, 1.165) is 9.87 Å². The molecule has 0 aromatic heterocycles. The van der Waals surface area contributed by atoms with Crippen molar-refractivity contribution in [1.82, 2.24) is 4.31 Å². The van der Waals surface area contributed by atoms with Crippen LogP contribution in [0, 0.1) is 0 Å². The predicted octanol–water partition coefficient (Wildman–Crippen LogP) is 1.19. The summed E-state index contributed by atoms with van der Waals surface area (Å²) in [6.45, 7) is 3.35. The zero-order valence-corrected chi connectivity index (χ0v) is 12.8. The maximum atomic E-state index is 12.3. The number of aliphatic hydroxyl groups is 1. The van der Waals surface area contributed by atoms with Gasteiger partial charge >= 0.3 is 0 Å². The van der Waals surface area contributed by atoms with Gasteiger partial charge in [-0.05, 0) is 31.5 Å². The summed E-state index contributed by atoms with van der Waals surface area (Å²) in [5, 5.41) is 9.82. The molecule has 3 N–H and O–H groups in total. The Hall–Kier alpha value is -0.660. The Bertz CT molecular complexity index is 553. The van der Waals surface area contributed by atoms with Crippen molar-refractivity contribution in [2.75, 3.05) is 13.6 Å². The smallest absolute Gasteiger partial charge is 0.244 e. The third kappa shape index (κ3) is 4.15. The Morgan fingerprint density at radius 1 is 1.42 bits per heavy atom. The zero-order chi connectivity index (χ0) is 14.8. The van der Waals surface area contributed by atoms with Gasteiger partial charge in [-0.2, -0.15) is 4.31 Å². The SMILES string of the molecule is CN(CC(C)(C)O)S(=O)(=O)c1ccc(CN)cc1Cl. The highest BCUT2D eigenvalue weighted by Crippen LogP contribution is 2.25. The number of rotatable bonds is 5. The van der Waals surface area contributed by atoms with Crippen LogP contribution < -0.4 is 5.73 Å². The van der Waals surface area contributed by atoms with Crippen LogP contribution in [0.3, 0.4) is 0 Å². The van der Waals surface area contributed by atoms with E-state index in [-0.39, 0.29) is 16.5 Å². The molecule has 108 valence electrons. The summed E-state index contributed by atoms with van der Waals surface area (Å²) >= 11 is 5.98. The first-order valence-corrected chi connectivity index (χ1v) is 7.57. The average molecular weight is 307 g/mol. The Morgan fingerprint density at radius 2 is 2.00 bits per heavy atom. The number of benzene rings is 1. The van der Waals surface area contributed by atoms with Gasteiger partial charge in [0.15, 0.2) is 0 Å². The second-order valence-corrected chi connectivity index (χ2v) is 7.46. The average Bonchev–Trinajstić information content (AvgIpc) is 2.26. The van der Waals surface area contributed by atoms with Crippen LogP contribution >= 0.6 is 11.6 Å². The lowest BCUT2D eigenvalue weighted by atomic mass is 10.1. The number of nitrogens with two attached hydrogens (primary N) is 1. The van der Waals surface area contributed by atoms with E-state index in [1.54, 1.807) is 6.07 Å². The topological polar surface area (TPSA) is 83.6 Å². The minimum absolute atomic E-state index is 0.0121. The van der Waals surface area contributed by atoms with Gasteiger partial charge in [-0.25, -0.2) is 8.42 Å². The molecule has 0 heterocycles. The first kappa shape index (κ1) is 16.4. The number of hydrogen-bond donors (Lipinski definition) is 2. The molecule has 1 aromatic rings. The molecular weight excluding hydrogens is 288 g/mol. The Labute approximate surface area is 119 Å². The summed E-state index contributed by atoms with van der Waals surface area (Å²) in [6.07, 6.45) is 0. The number of halogens is 1. The van der Waals surface area contributed by atoms with Crippen molar-refractivity contribution in [2.24, 2.45) is 5.73 Å². The predicted molar refractivity (Wildman–Crippen MR) is 75.5 cm³/mol. The van der Waals surface area contributed by atoms with Gasteiger partial charge < -0.3 is 10.8 Å². The van der Waals surface area contributed by atoms with E-state index in [9.17, 15) is 13.5 Å². The van der Waals surface area contributed by atoms with Crippen molar-refractivity contribution in [1.29, 1.82) is 0 Å². The normalized spacial score (nSPS) is 13.0. The van der Waals surface area contributed by atoms with Gasteiger partial charge in [-0.1, -0.05) is 17.7 Å². The van der Waals surface area contributed by atoms with Gasteiger partial charge in [0.05, 0.1) is 10.6 Å². The van der Waals surface area contributed by atoms with Crippen LogP contribution in [0.4, 0.5) is 0 Å². The lowest BCUT2D eigenvalue weighted by molar-refractivity contribution is 0.0640. The summed E-state index contributed by atoms with van der Waals surface area (Å²) in [5.74, 6) is 0. The maximum absolute atomic E-state index is 12.3. The van der Waals surface area contributed by atoms with Crippen molar-refractivity contribution < 1.29 is 13.5 Å². The van der Waals surface area contributed by atoms with E-state index in [4.69, 9.17) is 17.3 Å². The maximum Gasteiger partial charge on any atom is 0.244 e. The van der Waals surface area contributed by atoms with Crippen molar-refractivity contribution in [3.63, 3.8) is 0 Å². The van der Waals surface area contributed by atoms with E-state index in [1.165, 1.54) is 33.0 Å². The molecule has 0 radical (unpaired) electrons. The highest BCUT2D eigenvalue weighted by Gasteiger charge is 2.28. The number of sulfonamides is 1. The first-order valence-electron chi connectivity index (χ1n) is 5.75. The quantitative estimate of drug-likeness (QED) is 0.856. The zero-order valence-electron chi connectivity index (χ0n) is 11.2. The van der Waals surface area contributed by atoms with Crippen molar-refractivity contribution in [3.8, 4) is 0 Å². The molecule has 0 unspecified atom stereocenters. The van der Waals surface area contributed by atoms with E-state index in [1.807, 2.05) is 0 Å². The summed E-state index contributed by atoms with van der Waals surface area (Å²) in [7, 11) is -2.32. The fourth-order valence-electron chi connectivity index (χ4n) is 1.68. The molecule has 0 atom stereocenters. The Kier molecular flexibility index (Phi) is 4.97. The lowest BCUT2D eigenvalue weighted by Gasteiger charge is -2.25. The third-order valence-electron chi connectivity index (χ3n) is 2.53. The minimum Gasteiger partial charge on any atom is -0.389 e. The van der Waals surface area contributed by atoms with E-state index >= 15 is 0 Å². The van der Waals surface area contributed by atoms with Crippen LogP contribution in [-0.4, -0.2) is 37.0 Å². The molecule has 5 nitrogen and oxygen atoms in total. The van der Waals surface area contributed by atoms with Gasteiger partial charge in [0.1, 0.15) is 4.90 Å². The van der Waals surface area contributed by atoms with Crippen LogP contribution in [0.2, 0.25) is 5.02 Å². The standard InChI is InChI=1S/C12H19ClN2O3S/c1-12(2,16)8-15(3)19(17,18)11-5-4-9(7-14)6-10(11)13/h4-6,16H,7-8,14H2,1-3H3. The molecule has 0 amide bonds. The molecule has 0 aliphatic carbocycles. The molecule has 1 rings (SSSR count). The number of likely N-dealkylation sites (N-methyl/N-ethyl adjacent to an activating group) is 1. The van der Waals surface area contributed by atoms with Gasteiger partial charge in [-0.15, -0.1) is 0 Å². The number of hydrogen-bond acceptors (Lipinski definition) is 4. The minimum atomic E-state index is -3.73. The summed E-state index contributed by atoms with van der Waals surface area (Å²) in [5.41, 5.74) is 5.11. The van der Waals surface area contributed by atoms with Crippen LogP contribution in [0.5, 0.6) is 0 Å². The summed E-state index contributed by atoms with van der Waals surface area (Å²) < 4.78 is 25.7. The van der Waals surface area contributed by atoms with Crippen LogP contribution in [0.15, 0.2) is 23.1 Å². The monoisotopic (exact) mass is 306 g/mol. The molecule has 0 aliphatic rings. The summed E-state index contributed by atoms with van der Waals surface area (Å²) in [6, 6.07) is 4.59. The van der Waals surface area contributed by atoms with Gasteiger partial charge in [0.2, 0.25) is 10.0 Å². The van der Waals surface area contributed by atoms with Crippen LogP contribution in [0.1, 0.15) is 19.4 Å². The fraction of sp³-hybridized carbons (Fsp3) is 0.500. The molecule has 19 heavy (non-hydrogen) atoms.